The molecule has 0 aliphatic rings. The van der Waals surface area contributed by atoms with Gasteiger partial charge in [0, 0.05) is 31.7 Å². The summed E-state index contributed by atoms with van der Waals surface area (Å²) in [5.41, 5.74) is 8.58. The lowest BCUT2D eigenvalue weighted by Gasteiger charge is -2.14. The second kappa shape index (κ2) is 15.7. The molecule has 4 aromatic carbocycles. The number of hydrogen-bond acceptors (Lipinski definition) is 7. The monoisotopic (exact) mass is 565 g/mol. The molecule has 7 nitrogen and oxygen atoms in total. The third-order valence-electron chi connectivity index (χ3n) is 6.99. The summed E-state index contributed by atoms with van der Waals surface area (Å²) in [5.74, 6) is 1.60. The Hall–Kier alpha value is -4.19. The zero-order chi connectivity index (χ0) is 29.7. The van der Waals surface area contributed by atoms with Gasteiger partial charge in [-0.25, -0.2) is 0 Å². The molecule has 0 radical (unpaired) electrons. The number of aliphatic hydroxyl groups is 2. The van der Waals surface area contributed by atoms with Crippen LogP contribution in [0.3, 0.4) is 0 Å². The van der Waals surface area contributed by atoms with Gasteiger partial charge in [0.05, 0.1) is 18.8 Å². The van der Waals surface area contributed by atoms with Crippen molar-refractivity contribution >= 4 is 0 Å². The Morgan fingerprint density at radius 1 is 0.690 bits per heavy atom. The molecule has 0 aliphatic carbocycles. The van der Waals surface area contributed by atoms with Crippen LogP contribution >= 0.6 is 0 Å². The quantitative estimate of drug-likeness (QED) is 0.148. The van der Waals surface area contributed by atoms with E-state index in [9.17, 15) is 5.26 Å². The van der Waals surface area contributed by atoms with Crippen molar-refractivity contribution in [3.05, 3.63) is 118 Å². The molecule has 0 fully saturated rings. The SMILES string of the molecule is Cc1cc(CNCCO)ccc1OCc1cccc(-c2cccc(COc3ccc(CNCCO)cc3C)c2C#N)c1. The van der Waals surface area contributed by atoms with Crippen LogP contribution in [0.1, 0.15) is 38.9 Å². The Morgan fingerprint density at radius 2 is 1.29 bits per heavy atom. The number of hydrogen-bond donors (Lipinski definition) is 4. The fraction of sp³-hybridized carbons (Fsp3) is 0.286. The average molecular weight is 566 g/mol. The molecule has 0 saturated carbocycles. The van der Waals surface area contributed by atoms with Crippen molar-refractivity contribution in [1.82, 2.24) is 10.6 Å². The van der Waals surface area contributed by atoms with Crippen LogP contribution in [0.2, 0.25) is 0 Å². The molecule has 0 atom stereocenters. The molecule has 0 amide bonds. The smallest absolute Gasteiger partial charge is 0.122 e. The summed E-state index contributed by atoms with van der Waals surface area (Å²) in [6, 6.07) is 28.5. The Kier molecular flexibility index (Phi) is 11.5. The molecule has 4 aromatic rings. The maximum atomic E-state index is 10.1. The first-order chi connectivity index (χ1) is 20.5. The maximum absolute atomic E-state index is 10.1. The normalized spacial score (nSPS) is 10.8. The summed E-state index contributed by atoms with van der Waals surface area (Å²) in [5, 5.41) is 34.4. The zero-order valence-electron chi connectivity index (χ0n) is 24.3. The summed E-state index contributed by atoms with van der Waals surface area (Å²) in [6.07, 6.45) is 0. The molecule has 0 saturated heterocycles. The highest BCUT2D eigenvalue weighted by Gasteiger charge is 2.12. The van der Waals surface area contributed by atoms with Gasteiger partial charge in [0.2, 0.25) is 0 Å². The van der Waals surface area contributed by atoms with E-state index in [1.165, 1.54) is 0 Å². The third-order valence-corrected chi connectivity index (χ3v) is 6.99. The van der Waals surface area contributed by atoms with Gasteiger partial charge in [0.25, 0.3) is 0 Å². The number of benzene rings is 4. The molecule has 0 spiro atoms. The number of aliphatic hydroxyl groups excluding tert-OH is 2. The van der Waals surface area contributed by atoms with E-state index in [0.29, 0.717) is 38.3 Å². The van der Waals surface area contributed by atoms with Crippen molar-refractivity contribution in [3.8, 4) is 28.7 Å². The first-order valence-electron chi connectivity index (χ1n) is 14.2. The number of rotatable bonds is 15. The van der Waals surface area contributed by atoms with Crippen molar-refractivity contribution in [2.45, 2.75) is 40.2 Å². The summed E-state index contributed by atoms with van der Waals surface area (Å²) < 4.78 is 12.3. The standard InChI is InChI=1S/C35H39N3O4/c1-25-17-27(21-37-13-15-39)9-11-34(25)41-23-29-5-3-6-30(19-29)32-8-4-7-31(33(32)20-36)24-42-35-12-10-28(18-26(35)2)22-38-14-16-40/h3-12,17-19,37-40H,13-16,21-24H2,1-2H3. The summed E-state index contributed by atoms with van der Waals surface area (Å²) in [7, 11) is 0. The minimum absolute atomic E-state index is 0.110. The van der Waals surface area contributed by atoms with E-state index < -0.39 is 0 Å². The number of nitrogens with zero attached hydrogens (tertiary/aromatic N) is 1. The van der Waals surface area contributed by atoms with E-state index in [-0.39, 0.29) is 19.8 Å². The van der Waals surface area contributed by atoms with Gasteiger partial charge in [0.1, 0.15) is 30.8 Å². The minimum atomic E-state index is 0.110. The van der Waals surface area contributed by atoms with E-state index in [1.807, 2.05) is 74.5 Å². The van der Waals surface area contributed by atoms with Crippen LogP contribution in [0, 0.1) is 25.2 Å². The minimum Gasteiger partial charge on any atom is -0.489 e. The second-order valence-electron chi connectivity index (χ2n) is 10.2. The summed E-state index contributed by atoms with van der Waals surface area (Å²) >= 11 is 0. The fourth-order valence-corrected chi connectivity index (χ4v) is 4.83. The van der Waals surface area contributed by atoms with Crippen LogP contribution in [-0.2, 0) is 26.3 Å². The first-order valence-corrected chi connectivity index (χ1v) is 14.2. The average Bonchev–Trinajstić information content (AvgIpc) is 3.00. The molecule has 0 unspecified atom stereocenters. The lowest BCUT2D eigenvalue weighted by molar-refractivity contribution is 0.291. The Bertz CT molecular complexity index is 1510. The lowest BCUT2D eigenvalue weighted by Crippen LogP contribution is -2.17. The highest BCUT2D eigenvalue weighted by Crippen LogP contribution is 2.29. The second-order valence-corrected chi connectivity index (χ2v) is 10.2. The molecular weight excluding hydrogens is 526 g/mol. The van der Waals surface area contributed by atoms with Gasteiger partial charge >= 0.3 is 0 Å². The summed E-state index contributed by atoms with van der Waals surface area (Å²) in [6.45, 7) is 7.46. The molecule has 7 heteroatoms. The molecule has 4 rings (SSSR count). The predicted octanol–water partition coefficient (Wildman–Crippen LogP) is 5.16. The van der Waals surface area contributed by atoms with E-state index >= 15 is 0 Å². The highest BCUT2D eigenvalue weighted by molar-refractivity contribution is 5.72. The Balaban J connectivity index is 1.43. The largest absolute Gasteiger partial charge is 0.489 e. The zero-order valence-corrected chi connectivity index (χ0v) is 24.3. The van der Waals surface area contributed by atoms with Crippen molar-refractivity contribution in [2.24, 2.45) is 0 Å². The van der Waals surface area contributed by atoms with Gasteiger partial charge in [-0.2, -0.15) is 5.26 Å². The van der Waals surface area contributed by atoms with Crippen LogP contribution in [0.25, 0.3) is 11.1 Å². The Labute approximate surface area is 248 Å². The van der Waals surface area contributed by atoms with Crippen LogP contribution in [0.15, 0.2) is 78.9 Å². The summed E-state index contributed by atoms with van der Waals surface area (Å²) in [4.78, 5) is 0. The van der Waals surface area contributed by atoms with Gasteiger partial charge in [-0.15, -0.1) is 0 Å². The third kappa shape index (κ3) is 8.41. The molecule has 0 aromatic heterocycles. The predicted molar refractivity (Wildman–Crippen MR) is 165 cm³/mol. The Morgan fingerprint density at radius 3 is 1.86 bits per heavy atom. The highest BCUT2D eigenvalue weighted by atomic mass is 16.5. The maximum Gasteiger partial charge on any atom is 0.122 e. The van der Waals surface area contributed by atoms with E-state index in [0.717, 1.165) is 56.0 Å². The van der Waals surface area contributed by atoms with Gasteiger partial charge < -0.3 is 30.3 Å². The molecule has 0 aliphatic heterocycles. The fourth-order valence-electron chi connectivity index (χ4n) is 4.83. The lowest BCUT2D eigenvalue weighted by atomic mass is 9.95. The number of aryl methyl sites for hydroxylation is 2. The number of nitrogens with one attached hydrogen (secondary N) is 2. The van der Waals surface area contributed by atoms with Gasteiger partial charge in [-0.05, 0) is 71.0 Å². The van der Waals surface area contributed by atoms with Crippen LogP contribution in [0.5, 0.6) is 11.5 Å². The first kappa shape index (κ1) is 30.8. The molecular formula is C35H39N3O4. The van der Waals surface area contributed by atoms with Gasteiger partial charge in [0.15, 0.2) is 0 Å². The van der Waals surface area contributed by atoms with E-state index in [4.69, 9.17) is 19.7 Å². The molecule has 4 N–H and O–H groups in total. The van der Waals surface area contributed by atoms with E-state index in [1.54, 1.807) is 0 Å². The van der Waals surface area contributed by atoms with Gasteiger partial charge in [-0.1, -0.05) is 60.7 Å². The van der Waals surface area contributed by atoms with Crippen LogP contribution < -0.4 is 20.1 Å². The van der Waals surface area contributed by atoms with Gasteiger partial charge in [-0.3, -0.25) is 0 Å². The van der Waals surface area contributed by atoms with Crippen molar-refractivity contribution in [3.63, 3.8) is 0 Å². The van der Waals surface area contributed by atoms with Crippen molar-refractivity contribution in [1.29, 1.82) is 5.26 Å². The van der Waals surface area contributed by atoms with Crippen LogP contribution in [0.4, 0.5) is 0 Å². The molecule has 0 bridgehead atoms. The van der Waals surface area contributed by atoms with Crippen molar-refractivity contribution < 1.29 is 19.7 Å². The molecule has 0 heterocycles. The molecule has 42 heavy (non-hydrogen) atoms. The van der Waals surface area contributed by atoms with E-state index in [2.05, 4.69) is 34.9 Å². The molecule has 218 valence electrons. The number of nitriles is 1. The van der Waals surface area contributed by atoms with Crippen LogP contribution in [-0.4, -0.2) is 36.5 Å². The van der Waals surface area contributed by atoms with Crippen molar-refractivity contribution in [2.75, 3.05) is 26.3 Å². The number of ether oxygens (including phenoxy) is 2. The topological polar surface area (TPSA) is 107 Å².